The molecule has 1 aliphatic carbocycles. The molecule has 0 bridgehead atoms. The highest BCUT2D eigenvalue weighted by atomic mass is 35.8. The third-order valence-electron chi connectivity index (χ3n) is 2.68. The molecule has 1 rings (SSSR count). The third kappa shape index (κ3) is 5.09. The normalized spacial score (nSPS) is 22.3. The molecule has 0 aromatic rings. The van der Waals surface area contributed by atoms with Crippen LogP contribution in [0.2, 0.25) is 6.04 Å². The van der Waals surface area contributed by atoms with Crippen LogP contribution in [0.25, 0.3) is 0 Å². The minimum Gasteiger partial charge on any atom is -0.155 e. The van der Waals surface area contributed by atoms with Gasteiger partial charge in [-0.15, -0.1) is 48.8 Å². The first-order valence-corrected chi connectivity index (χ1v) is 13.0. The van der Waals surface area contributed by atoms with Crippen molar-refractivity contribution in [2.45, 2.75) is 24.4 Å². The molecule has 0 saturated carbocycles. The summed E-state index contributed by atoms with van der Waals surface area (Å²) in [6, 6.07) is -2.68. The molecule has 0 aromatic carbocycles. The van der Waals surface area contributed by atoms with E-state index in [1.165, 1.54) is 6.08 Å². The average molecular weight is 430 g/mol. The molecule has 12 heteroatoms. The third-order valence-corrected chi connectivity index (χ3v) is 6.94. The van der Waals surface area contributed by atoms with Crippen molar-refractivity contribution in [3.8, 4) is 0 Å². The van der Waals surface area contributed by atoms with E-state index in [1.807, 2.05) is 0 Å². The molecule has 0 N–H and O–H groups in total. The van der Waals surface area contributed by atoms with Gasteiger partial charge in [-0.2, -0.15) is 13.2 Å². The number of alkyl halides is 3. The maximum Gasteiger partial charge on any atom is 0.509 e. The van der Waals surface area contributed by atoms with Crippen molar-refractivity contribution >= 4 is 49.1 Å². The Labute approximate surface area is 137 Å². The fourth-order valence-electron chi connectivity index (χ4n) is 1.53. The van der Waals surface area contributed by atoms with Gasteiger partial charge in [-0.05, 0) is 24.5 Å². The number of hydrogen-bond acceptors (Lipinski definition) is 0. The standard InChI is InChI=1S/C10H10Cl3F7SSi/c11-22(12,13)6-5-8-1-3-9(4-2-8)7-21(17,18,19,20)10(14,15)16/h1-3,7H,4-6H2. The minimum absolute atomic E-state index is 0.216. The zero-order valence-corrected chi connectivity index (χ0v) is 14.7. The Kier molecular flexibility index (Phi) is 4.90. The summed E-state index contributed by atoms with van der Waals surface area (Å²) in [5.74, 6) is 0. The van der Waals surface area contributed by atoms with Gasteiger partial charge in [0, 0.05) is 0 Å². The summed E-state index contributed by atoms with van der Waals surface area (Å²) >= 11 is 16.9. The molecule has 0 spiro atoms. The van der Waals surface area contributed by atoms with Crippen LogP contribution in [-0.2, 0) is 0 Å². The molecule has 0 heterocycles. The molecule has 0 saturated heterocycles. The van der Waals surface area contributed by atoms with Crippen molar-refractivity contribution in [1.82, 2.24) is 0 Å². The molecule has 0 nitrogen and oxygen atoms in total. The summed E-state index contributed by atoms with van der Waals surface area (Å²) in [6.45, 7) is 0. The first kappa shape index (κ1) is 20.2. The van der Waals surface area contributed by atoms with E-state index in [0.717, 1.165) is 12.2 Å². The molecule has 0 atom stereocenters. The van der Waals surface area contributed by atoms with Crippen LogP contribution in [0.4, 0.5) is 28.7 Å². The monoisotopic (exact) mass is 428 g/mol. The van der Waals surface area contributed by atoms with Gasteiger partial charge < -0.3 is 0 Å². The van der Waals surface area contributed by atoms with Crippen molar-refractivity contribution in [3.05, 3.63) is 34.8 Å². The predicted molar refractivity (Wildman–Crippen MR) is 80.7 cm³/mol. The molecular formula is C10H10Cl3F7SSi. The molecule has 0 radical (unpaired) electrons. The van der Waals surface area contributed by atoms with E-state index in [9.17, 15) is 28.7 Å². The van der Waals surface area contributed by atoms with Crippen molar-refractivity contribution in [1.29, 1.82) is 0 Å². The van der Waals surface area contributed by atoms with Crippen molar-refractivity contribution in [2.24, 2.45) is 0 Å². The van der Waals surface area contributed by atoms with Crippen LogP contribution < -0.4 is 0 Å². The van der Waals surface area contributed by atoms with Crippen LogP contribution in [0.3, 0.4) is 0 Å². The Bertz CT molecular complexity index is 553. The number of halogens is 10. The summed E-state index contributed by atoms with van der Waals surface area (Å²) in [5.41, 5.74) is -7.22. The van der Waals surface area contributed by atoms with Gasteiger partial charge in [0.2, 0.25) is 0 Å². The van der Waals surface area contributed by atoms with Crippen LogP contribution in [0.1, 0.15) is 12.8 Å². The van der Waals surface area contributed by atoms with Gasteiger partial charge in [0.15, 0.2) is 0 Å². The van der Waals surface area contributed by atoms with Gasteiger partial charge >= 0.3 is 11.5 Å². The van der Waals surface area contributed by atoms with Crippen LogP contribution in [0.15, 0.2) is 34.8 Å². The van der Waals surface area contributed by atoms with Gasteiger partial charge in [0.05, 0.1) is 5.41 Å². The molecule has 1 aliphatic rings. The smallest absolute Gasteiger partial charge is 0.155 e. The fourth-order valence-corrected chi connectivity index (χ4v) is 3.87. The molecule has 0 aliphatic heterocycles. The maximum atomic E-state index is 13.0. The van der Waals surface area contributed by atoms with E-state index in [0.29, 0.717) is 5.57 Å². The lowest BCUT2D eigenvalue weighted by molar-refractivity contribution is -0.0683. The lowest BCUT2D eigenvalue weighted by Gasteiger charge is -2.47. The molecule has 0 unspecified atom stereocenters. The van der Waals surface area contributed by atoms with Crippen LogP contribution in [-0.4, -0.2) is 11.5 Å². The first-order chi connectivity index (χ1) is 9.43. The Balaban J connectivity index is 2.94. The quantitative estimate of drug-likeness (QED) is 0.244. The van der Waals surface area contributed by atoms with E-state index in [4.69, 9.17) is 33.2 Å². The second-order valence-electron chi connectivity index (χ2n) is 4.70. The molecule has 0 aromatic heterocycles. The van der Waals surface area contributed by atoms with E-state index >= 15 is 0 Å². The van der Waals surface area contributed by atoms with Crippen LogP contribution >= 0.6 is 43.1 Å². The van der Waals surface area contributed by atoms with Gasteiger partial charge in [-0.3, -0.25) is 0 Å². The van der Waals surface area contributed by atoms with E-state index in [1.54, 1.807) is 0 Å². The Morgan fingerprint density at radius 2 is 1.64 bits per heavy atom. The van der Waals surface area contributed by atoms with Crippen molar-refractivity contribution in [3.63, 3.8) is 0 Å². The Morgan fingerprint density at radius 1 is 1.09 bits per heavy atom. The molecule has 0 amide bonds. The summed E-state index contributed by atoms with van der Waals surface area (Å²) in [5, 5.41) is -1.24. The van der Waals surface area contributed by atoms with E-state index in [2.05, 4.69) is 0 Å². The highest BCUT2D eigenvalue weighted by Crippen LogP contribution is 3.04. The molecular weight excluding hydrogens is 420 g/mol. The lowest BCUT2D eigenvalue weighted by Crippen LogP contribution is -2.30. The number of hydrogen-bond donors (Lipinski definition) is 0. The predicted octanol–water partition coefficient (Wildman–Crippen LogP) is 7.74. The fraction of sp³-hybridized carbons (Fsp3) is 0.400. The van der Waals surface area contributed by atoms with Crippen molar-refractivity contribution < 1.29 is 28.7 Å². The SMILES string of the molecule is FC(F)(F)S(F)(F)(F)(F)C=C1C=CC(CC[Si](Cl)(Cl)Cl)=CC1. The molecule has 130 valence electrons. The topological polar surface area (TPSA) is 0 Å². The van der Waals surface area contributed by atoms with Gasteiger partial charge in [0.25, 0.3) is 9.84 Å². The van der Waals surface area contributed by atoms with E-state index < -0.39 is 38.8 Å². The summed E-state index contributed by atoms with van der Waals surface area (Å²) in [6.07, 6.45) is 2.99. The maximum absolute atomic E-state index is 13.0. The zero-order chi connectivity index (χ0) is 17.5. The molecule has 0 fully saturated rings. The number of rotatable bonds is 4. The summed E-state index contributed by atoms with van der Waals surface area (Å²) in [7, 11) is -10.3. The van der Waals surface area contributed by atoms with Crippen LogP contribution in [0, 0.1) is 0 Å². The summed E-state index contributed by atoms with van der Waals surface area (Å²) < 4.78 is 88.2. The minimum atomic E-state index is -10.3. The van der Waals surface area contributed by atoms with Crippen LogP contribution in [0.5, 0.6) is 0 Å². The highest BCUT2D eigenvalue weighted by Gasteiger charge is 2.81. The number of allylic oxidation sites excluding steroid dienone is 5. The van der Waals surface area contributed by atoms with E-state index in [-0.39, 0.29) is 12.5 Å². The second-order valence-corrected chi connectivity index (χ2v) is 16.9. The Morgan fingerprint density at radius 3 is 2.00 bits per heavy atom. The van der Waals surface area contributed by atoms with Crippen molar-refractivity contribution in [2.75, 3.05) is 0 Å². The molecule has 22 heavy (non-hydrogen) atoms. The van der Waals surface area contributed by atoms with Gasteiger partial charge in [-0.1, -0.05) is 23.8 Å². The van der Waals surface area contributed by atoms with Gasteiger partial charge in [-0.25, -0.2) is 0 Å². The lowest BCUT2D eigenvalue weighted by atomic mass is 10.0. The largest absolute Gasteiger partial charge is 0.509 e. The van der Waals surface area contributed by atoms with Gasteiger partial charge in [0.1, 0.15) is 0 Å². The average Bonchev–Trinajstić information content (AvgIpc) is 2.23. The first-order valence-electron chi connectivity index (χ1n) is 5.65. The second kappa shape index (κ2) is 5.34. The highest BCUT2D eigenvalue weighted by molar-refractivity contribution is 8.52. The zero-order valence-electron chi connectivity index (χ0n) is 10.6. The Hall–Kier alpha value is 0.167. The summed E-state index contributed by atoms with van der Waals surface area (Å²) in [4.78, 5) is 0.